The Balaban J connectivity index is 0.00000341. The number of anilines is 1. The van der Waals surface area contributed by atoms with E-state index in [9.17, 15) is 4.79 Å². The minimum Gasteiger partial charge on any atom is -0.444 e. The Morgan fingerprint density at radius 2 is 1.87 bits per heavy atom. The highest BCUT2D eigenvalue weighted by Gasteiger charge is 2.22. The van der Waals surface area contributed by atoms with Crippen LogP contribution in [-0.2, 0) is 11.3 Å². The maximum Gasteiger partial charge on any atom is 0.225 e. The number of hydrogen-bond donors (Lipinski definition) is 2. The number of aliphatic imine (C=N–C) groups is 1. The molecule has 3 heterocycles. The summed E-state index contributed by atoms with van der Waals surface area (Å²) in [6.07, 6.45) is 3.88. The van der Waals surface area contributed by atoms with Crippen LogP contribution >= 0.6 is 24.0 Å². The Morgan fingerprint density at radius 1 is 1.16 bits per heavy atom. The van der Waals surface area contributed by atoms with E-state index in [1.165, 1.54) is 0 Å². The molecule has 10 nitrogen and oxygen atoms in total. The number of halogens is 1. The molecule has 1 amide bonds. The van der Waals surface area contributed by atoms with Crippen LogP contribution in [0.5, 0.6) is 0 Å². The molecule has 11 heteroatoms. The predicted molar refractivity (Wildman–Crippen MR) is 130 cm³/mol. The smallest absolute Gasteiger partial charge is 0.225 e. The van der Waals surface area contributed by atoms with Gasteiger partial charge in [-0.05, 0) is 26.8 Å². The van der Waals surface area contributed by atoms with Crippen molar-refractivity contribution in [3.8, 4) is 0 Å². The summed E-state index contributed by atoms with van der Waals surface area (Å²) in [5, 5.41) is 6.38. The Bertz CT molecular complexity index is 831. The van der Waals surface area contributed by atoms with Crippen molar-refractivity contribution in [2.24, 2.45) is 4.99 Å². The lowest BCUT2D eigenvalue weighted by atomic mass is 10.3. The van der Waals surface area contributed by atoms with Gasteiger partial charge in [-0.2, -0.15) is 0 Å². The summed E-state index contributed by atoms with van der Waals surface area (Å²) < 4.78 is 5.56. The third kappa shape index (κ3) is 7.33. The monoisotopic (exact) mass is 542 g/mol. The summed E-state index contributed by atoms with van der Waals surface area (Å²) >= 11 is 0. The highest BCUT2D eigenvalue weighted by molar-refractivity contribution is 14.0. The zero-order valence-electron chi connectivity index (χ0n) is 18.3. The number of aryl methyl sites for hydroxylation is 2. The van der Waals surface area contributed by atoms with Crippen molar-refractivity contribution >= 4 is 41.8 Å². The number of carbonyl (C=O) groups excluding carboxylic acids is 1. The average molecular weight is 542 g/mol. The van der Waals surface area contributed by atoms with Crippen molar-refractivity contribution in [3.05, 3.63) is 35.8 Å². The molecule has 2 aromatic rings. The van der Waals surface area contributed by atoms with Crippen LogP contribution < -0.4 is 15.5 Å². The lowest BCUT2D eigenvalue weighted by molar-refractivity contribution is -0.131. The number of nitrogens with zero attached hydrogens (tertiary/aromatic N) is 6. The maximum absolute atomic E-state index is 12.6. The number of hydrogen-bond acceptors (Lipinski definition) is 7. The molecule has 0 bridgehead atoms. The molecule has 1 saturated heterocycles. The van der Waals surface area contributed by atoms with E-state index in [1.54, 1.807) is 18.5 Å². The van der Waals surface area contributed by atoms with Crippen LogP contribution in [0.1, 0.15) is 30.7 Å². The molecule has 1 aliphatic rings. The van der Waals surface area contributed by atoms with Crippen LogP contribution in [0, 0.1) is 13.8 Å². The van der Waals surface area contributed by atoms with Gasteiger partial charge in [-0.3, -0.25) is 4.79 Å². The van der Waals surface area contributed by atoms with Crippen molar-refractivity contribution in [2.45, 2.75) is 33.7 Å². The molecule has 0 atom stereocenters. The summed E-state index contributed by atoms with van der Waals surface area (Å²) in [5.74, 6) is 2.88. The average Bonchev–Trinajstić information content (AvgIpc) is 3.10. The second kappa shape index (κ2) is 12.4. The fourth-order valence-electron chi connectivity index (χ4n) is 3.15. The van der Waals surface area contributed by atoms with Crippen LogP contribution in [0.25, 0.3) is 0 Å². The molecule has 170 valence electrons. The molecule has 1 aliphatic heterocycles. The van der Waals surface area contributed by atoms with Gasteiger partial charge in [-0.1, -0.05) is 0 Å². The first-order valence-corrected chi connectivity index (χ1v) is 10.3. The molecule has 31 heavy (non-hydrogen) atoms. The summed E-state index contributed by atoms with van der Waals surface area (Å²) in [6.45, 7) is 10.2. The first kappa shape index (κ1) is 24.8. The van der Waals surface area contributed by atoms with Gasteiger partial charge in [-0.25, -0.2) is 19.9 Å². The maximum atomic E-state index is 12.6. The number of carbonyl (C=O) groups is 1. The highest BCUT2D eigenvalue weighted by Crippen LogP contribution is 2.11. The van der Waals surface area contributed by atoms with E-state index in [4.69, 9.17) is 4.42 Å². The van der Waals surface area contributed by atoms with Crippen LogP contribution in [0.3, 0.4) is 0 Å². The van der Waals surface area contributed by atoms with Crippen molar-refractivity contribution in [1.82, 2.24) is 30.5 Å². The number of piperazine rings is 1. The zero-order valence-corrected chi connectivity index (χ0v) is 20.6. The van der Waals surface area contributed by atoms with Crippen molar-refractivity contribution in [1.29, 1.82) is 0 Å². The van der Waals surface area contributed by atoms with E-state index in [0.29, 0.717) is 50.4 Å². The van der Waals surface area contributed by atoms with Gasteiger partial charge in [0.2, 0.25) is 17.7 Å². The lowest BCUT2D eigenvalue weighted by Gasteiger charge is -2.34. The second-order valence-corrected chi connectivity index (χ2v) is 7.04. The molecule has 1 fully saturated rings. The molecule has 0 aromatic carbocycles. The van der Waals surface area contributed by atoms with Gasteiger partial charge < -0.3 is 24.9 Å². The topological polar surface area (TPSA) is 112 Å². The van der Waals surface area contributed by atoms with E-state index >= 15 is 0 Å². The standard InChI is InChI=1S/C20H30N8O2.HI/c1-4-21-19(25-14-17-26-15(2)16(3)30-17)22-9-6-18(29)27-10-12-28(13-11-27)20-23-7-5-8-24-20;/h5,7-8H,4,6,9-14H2,1-3H3,(H2,21,22,25);1H. The van der Waals surface area contributed by atoms with Gasteiger partial charge >= 0.3 is 0 Å². The molecule has 0 radical (unpaired) electrons. The number of rotatable bonds is 7. The highest BCUT2D eigenvalue weighted by atomic mass is 127. The molecule has 2 aromatic heterocycles. The normalized spacial score (nSPS) is 14.2. The van der Waals surface area contributed by atoms with Gasteiger partial charge in [0.25, 0.3) is 0 Å². The zero-order chi connectivity index (χ0) is 21.3. The van der Waals surface area contributed by atoms with Gasteiger partial charge in [0, 0.05) is 58.1 Å². The molecule has 0 aliphatic carbocycles. The predicted octanol–water partition coefficient (Wildman–Crippen LogP) is 1.49. The first-order valence-electron chi connectivity index (χ1n) is 10.3. The molecule has 0 unspecified atom stereocenters. The summed E-state index contributed by atoms with van der Waals surface area (Å²) in [7, 11) is 0. The van der Waals surface area contributed by atoms with Gasteiger partial charge in [-0.15, -0.1) is 24.0 Å². The number of oxazole rings is 1. The van der Waals surface area contributed by atoms with Gasteiger partial charge in [0.15, 0.2) is 5.96 Å². The third-order valence-corrected chi connectivity index (χ3v) is 4.89. The number of nitrogens with one attached hydrogen (secondary N) is 2. The fraction of sp³-hybridized carbons (Fsp3) is 0.550. The van der Waals surface area contributed by atoms with Gasteiger partial charge in [0.05, 0.1) is 5.69 Å². The number of guanidine groups is 1. The van der Waals surface area contributed by atoms with Crippen molar-refractivity contribution < 1.29 is 9.21 Å². The molecular formula is C20H31IN8O2. The van der Waals surface area contributed by atoms with E-state index in [0.717, 1.165) is 31.1 Å². The lowest BCUT2D eigenvalue weighted by Crippen LogP contribution is -2.50. The molecule has 2 N–H and O–H groups in total. The summed E-state index contributed by atoms with van der Waals surface area (Å²) in [6, 6.07) is 1.80. The fourth-order valence-corrected chi connectivity index (χ4v) is 3.15. The molecule has 0 spiro atoms. The van der Waals surface area contributed by atoms with Crippen LogP contribution in [0.2, 0.25) is 0 Å². The minimum atomic E-state index is 0. The first-order chi connectivity index (χ1) is 14.6. The molecule has 3 rings (SSSR count). The Hall–Kier alpha value is -2.44. The van der Waals surface area contributed by atoms with Gasteiger partial charge in [0.1, 0.15) is 12.3 Å². The molecule has 0 saturated carbocycles. The van der Waals surface area contributed by atoms with Crippen LogP contribution in [0.4, 0.5) is 5.95 Å². The largest absolute Gasteiger partial charge is 0.444 e. The van der Waals surface area contributed by atoms with Crippen LogP contribution in [-0.4, -0.2) is 71.0 Å². The Kier molecular flexibility index (Phi) is 9.95. The van der Waals surface area contributed by atoms with E-state index in [-0.39, 0.29) is 29.9 Å². The number of amides is 1. The van der Waals surface area contributed by atoms with Crippen LogP contribution in [0.15, 0.2) is 27.9 Å². The quantitative estimate of drug-likeness (QED) is 0.308. The minimum absolute atomic E-state index is 0. The van der Waals surface area contributed by atoms with Crippen molar-refractivity contribution in [2.75, 3.05) is 44.2 Å². The van der Waals surface area contributed by atoms with E-state index < -0.39 is 0 Å². The SMILES string of the molecule is CCNC(=NCc1nc(C)c(C)o1)NCCC(=O)N1CCN(c2ncccn2)CC1.I. The summed E-state index contributed by atoms with van der Waals surface area (Å²) in [5.41, 5.74) is 0.877. The number of aromatic nitrogens is 3. The van der Waals surface area contributed by atoms with Crippen molar-refractivity contribution in [3.63, 3.8) is 0 Å². The van der Waals surface area contributed by atoms with E-state index in [1.807, 2.05) is 25.7 Å². The summed E-state index contributed by atoms with van der Waals surface area (Å²) in [4.78, 5) is 33.9. The van der Waals surface area contributed by atoms with E-state index in [2.05, 4.69) is 35.5 Å². The third-order valence-electron chi connectivity index (χ3n) is 4.89. The Morgan fingerprint density at radius 3 is 2.48 bits per heavy atom. The second-order valence-electron chi connectivity index (χ2n) is 7.04. The molecular weight excluding hydrogens is 511 g/mol. The Labute approximate surface area is 200 Å².